The third-order valence-corrected chi connectivity index (χ3v) is 3.91. The summed E-state index contributed by atoms with van der Waals surface area (Å²) in [5, 5.41) is 9.44. The van der Waals surface area contributed by atoms with E-state index < -0.39 is 12.0 Å². The van der Waals surface area contributed by atoms with Gasteiger partial charge in [0.25, 0.3) is 0 Å². The Bertz CT molecular complexity index is 624. The molecular weight excluding hydrogens is 268 g/mol. The fraction of sp³-hybridized carbons (Fsp3) is 0.375. The van der Waals surface area contributed by atoms with Gasteiger partial charge in [0.05, 0.1) is 12.0 Å². The summed E-state index contributed by atoms with van der Waals surface area (Å²) in [6, 6.07) is 8.78. The summed E-state index contributed by atoms with van der Waals surface area (Å²) < 4.78 is 5.56. The summed E-state index contributed by atoms with van der Waals surface area (Å²) in [6.45, 7) is 2.67. The minimum Gasteiger partial charge on any atom is -0.480 e. The van der Waals surface area contributed by atoms with Crippen LogP contribution >= 0.6 is 0 Å². The number of hydrogen-bond acceptors (Lipinski definition) is 4. The molecule has 0 aromatic carbocycles. The number of pyridine rings is 1. The van der Waals surface area contributed by atoms with Crippen LogP contribution in [0.1, 0.15) is 36.0 Å². The largest absolute Gasteiger partial charge is 0.480 e. The van der Waals surface area contributed by atoms with Crippen LogP contribution in [0.5, 0.6) is 0 Å². The van der Waals surface area contributed by atoms with Crippen molar-refractivity contribution in [2.24, 2.45) is 0 Å². The van der Waals surface area contributed by atoms with Gasteiger partial charge < -0.3 is 9.52 Å². The van der Waals surface area contributed by atoms with Gasteiger partial charge in [0, 0.05) is 12.2 Å². The lowest BCUT2D eigenvalue weighted by Gasteiger charge is -2.29. The number of furan rings is 1. The number of hydrogen-bond donors (Lipinski definition) is 1. The second-order valence-corrected chi connectivity index (χ2v) is 5.36. The van der Waals surface area contributed by atoms with Crippen LogP contribution in [0.4, 0.5) is 0 Å². The van der Waals surface area contributed by atoms with E-state index in [2.05, 4.69) is 4.98 Å². The van der Waals surface area contributed by atoms with Crippen LogP contribution in [0, 0.1) is 6.92 Å². The molecule has 5 nitrogen and oxygen atoms in total. The standard InChI is InChI=1S/C16H18N2O3/c1-11-5-2-6-12(17-11)15(14-8-4-10-21-14)18-9-3-7-13(18)16(19)20/h2,4-6,8,10,13,15H,3,7,9H2,1H3,(H,19,20). The van der Waals surface area contributed by atoms with Gasteiger partial charge in [0.2, 0.25) is 0 Å². The van der Waals surface area contributed by atoms with E-state index in [0.29, 0.717) is 6.42 Å². The van der Waals surface area contributed by atoms with Crippen LogP contribution in [-0.4, -0.2) is 33.5 Å². The van der Waals surface area contributed by atoms with Gasteiger partial charge >= 0.3 is 5.97 Å². The Morgan fingerprint density at radius 2 is 2.29 bits per heavy atom. The molecule has 0 bridgehead atoms. The fourth-order valence-corrected chi connectivity index (χ4v) is 3.01. The predicted molar refractivity (Wildman–Crippen MR) is 76.9 cm³/mol. The zero-order valence-corrected chi connectivity index (χ0v) is 11.9. The smallest absolute Gasteiger partial charge is 0.320 e. The molecule has 0 amide bonds. The van der Waals surface area contributed by atoms with E-state index in [0.717, 1.165) is 30.1 Å². The first-order valence-corrected chi connectivity index (χ1v) is 7.12. The highest BCUT2D eigenvalue weighted by molar-refractivity contribution is 5.74. The molecule has 0 saturated carbocycles. The average molecular weight is 286 g/mol. The van der Waals surface area contributed by atoms with Crippen LogP contribution in [-0.2, 0) is 4.79 Å². The molecular formula is C16H18N2O3. The Kier molecular flexibility index (Phi) is 3.75. The molecule has 0 spiro atoms. The van der Waals surface area contributed by atoms with E-state index in [1.807, 2.05) is 42.2 Å². The highest BCUT2D eigenvalue weighted by Gasteiger charge is 2.38. The van der Waals surface area contributed by atoms with E-state index in [9.17, 15) is 9.90 Å². The van der Waals surface area contributed by atoms with Crippen molar-refractivity contribution in [3.8, 4) is 0 Å². The minimum atomic E-state index is -0.781. The molecule has 1 N–H and O–H groups in total. The third-order valence-electron chi connectivity index (χ3n) is 3.91. The number of carboxylic acid groups (broad SMARTS) is 1. The molecule has 3 rings (SSSR count). The Labute approximate surface area is 123 Å². The summed E-state index contributed by atoms with van der Waals surface area (Å²) >= 11 is 0. The second kappa shape index (κ2) is 5.69. The van der Waals surface area contributed by atoms with Crippen molar-refractivity contribution in [1.82, 2.24) is 9.88 Å². The van der Waals surface area contributed by atoms with Crippen LogP contribution in [0.25, 0.3) is 0 Å². The van der Waals surface area contributed by atoms with Crippen molar-refractivity contribution in [3.63, 3.8) is 0 Å². The van der Waals surface area contributed by atoms with Crippen LogP contribution in [0.3, 0.4) is 0 Å². The van der Waals surface area contributed by atoms with Gasteiger partial charge in [-0.3, -0.25) is 14.7 Å². The normalized spacial score (nSPS) is 20.5. The molecule has 5 heteroatoms. The molecule has 2 unspecified atom stereocenters. The summed E-state index contributed by atoms with van der Waals surface area (Å²) in [4.78, 5) is 18.0. The van der Waals surface area contributed by atoms with Gasteiger partial charge in [-0.05, 0) is 44.0 Å². The van der Waals surface area contributed by atoms with E-state index in [-0.39, 0.29) is 6.04 Å². The number of aryl methyl sites for hydroxylation is 1. The number of aromatic nitrogens is 1. The Hall–Kier alpha value is -2.14. The maximum atomic E-state index is 11.5. The summed E-state index contributed by atoms with van der Waals surface area (Å²) in [7, 11) is 0. The molecule has 1 aliphatic rings. The van der Waals surface area contributed by atoms with Crippen LogP contribution < -0.4 is 0 Å². The number of carbonyl (C=O) groups is 1. The number of carboxylic acids is 1. The second-order valence-electron chi connectivity index (χ2n) is 5.36. The highest BCUT2D eigenvalue weighted by atomic mass is 16.4. The molecule has 3 heterocycles. The van der Waals surface area contributed by atoms with E-state index in [4.69, 9.17) is 4.42 Å². The molecule has 2 aromatic rings. The van der Waals surface area contributed by atoms with Crippen molar-refractivity contribution in [2.75, 3.05) is 6.54 Å². The first kappa shape index (κ1) is 13.8. The molecule has 1 fully saturated rings. The van der Waals surface area contributed by atoms with E-state index >= 15 is 0 Å². The maximum absolute atomic E-state index is 11.5. The number of nitrogens with zero attached hydrogens (tertiary/aromatic N) is 2. The number of aliphatic carboxylic acids is 1. The molecule has 2 aromatic heterocycles. The van der Waals surface area contributed by atoms with Gasteiger partial charge in [-0.1, -0.05) is 6.07 Å². The fourth-order valence-electron chi connectivity index (χ4n) is 3.01. The van der Waals surface area contributed by atoms with Crippen molar-refractivity contribution in [1.29, 1.82) is 0 Å². The predicted octanol–water partition coefficient (Wildman–Crippen LogP) is 2.62. The monoisotopic (exact) mass is 286 g/mol. The van der Waals surface area contributed by atoms with E-state index in [1.165, 1.54) is 0 Å². The SMILES string of the molecule is Cc1cccc(C(c2ccco2)N2CCCC2C(=O)O)n1. The first-order valence-electron chi connectivity index (χ1n) is 7.12. The van der Waals surface area contributed by atoms with Crippen molar-refractivity contribution >= 4 is 5.97 Å². The Morgan fingerprint density at radius 3 is 2.95 bits per heavy atom. The van der Waals surface area contributed by atoms with Gasteiger partial charge in [-0.15, -0.1) is 0 Å². The average Bonchev–Trinajstić information content (AvgIpc) is 3.10. The lowest BCUT2D eigenvalue weighted by molar-refractivity contribution is -0.142. The van der Waals surface area contributed by atoms with E-state index in [1.54, 1.807) is 6.26 Å². The van der Waals surface area contributed by atoms with Gasteiger partial charge in [-0.2, -0.15) is 0 Å². The third kappa shape index (κ3) is 2.69. The van der Waals surface area contributed by atoms with Crippen molar-refractivity contribution in [3.05, 3.63) is 53.7 Å². The number of rotatable bonds is 4. The van der Waals surface area contributed by atoms with Crippen LogP contribution in [0.2, 0.25) is 0 Å². The molecule has 110 valence electrons. The molecule has 0 aliphatic carbocycles. The Morgan fingerprint density at radius 1 is 1.43 bits per heavy atom. The summed E-state index contributed by atoms with van der Waals surface area (Å²) in [5.74, 6) is -0.0436. The van der Waals surface area contributed by atoms with Crippen LogP contribution in [0.15, 0.2) is 41.0 Å². The minimum absolute atomic E-state index is 0.247. The highest BCUT2D eigenvalue weighted by Crippen LogP contribution is 2.34. The summed E-state index contributed by atoms with van der Waals surface area (Å²) in [5.41, 5.74) is 1.74. The van der Waals surface area contributed by atoms with Gasteiger partial charge in [-0.25, -0.2) is 0 Å². The lowest BCUT2D eigenvalue weighted by atomic mass is 10.1. The zero-order valence-electron chi connectivity index (χ0n) is 11.9. The molecule has 0 radical (unpaired) electrons. The Balaban J connectivity index is 2.03. The number of likely N-dealkylation sites (tertiary alicyclic amines) is 1. The van der Waals surface area contributed by atoms with Crippen molar-refractivity contribution in [2.45, 2.75) is 31.8 Å². The molecule has 1 saturated heterocycles. The summed E-state index contributed by atoms with van der Waals surface area (Å²) in [6.07, 6.45) is 3.16. The molecule has 2 atom stereocenters. The van der Waals surface area contributed by atoms with Crippen molar-refractivity contribution < 1.29 is 14.3 Å². The first-order chi connectivity index (χ1) is 10.2. The van der Waals surface area contributed by atoms with Gasteiger partial charge in [0.1, 0.15) is 17.8 Å². The quantitative estimate of drug-likeness (QED) is 0.935. The maximum Gasteiger partial charge on any atom is 0.320 e. The lowest BCUT2D eigenvalue weighted by Crippen LogP contribution is -2.39. The van der Waals surface area contributed by atoms with Gasteiger partial charge in [0.15, 0.2) is 0 Å². The molecule has 1 aliphatic heterocycles. The zero-order chi connectivity index (χ0) is 14.8. The molecule has 21 heavy (non-hydrogen) atoms. The topological polar surface area (TPSA) is 66.6 Å².